The molecule has 1 heterocycles. The van der Waals surface area contributed by atoms with Crippen LogP contribution in [0, 0.1) is 0 Å². The van der Waals surface area contributed by atoms with Crippen LogP contribution in [-0.4, -0.2) is 32.8 Å². The maximum atomic E-state index is 13.8. The van der Waals surface area contributed by atoms with Crippen molar-refractivity contribution in [3.05, 3.63) is 119 Å². The van der Waals surface area contributed by atoms with Gasteiger partial charge in [-0.3, -0.25) is 9.10 Å². The van der Waals surface area contributed by atoms with E-state index in [9.17, 15) is 13.2 Å². The van der Waals surface area contributed by atoms with Gasteiger partial charge >= 0.3 is 0 Å². The van der Waals surface area contributed by atoms with Gasteiger partial charge in [0.15, 0.2) is 4.91 Å². The number of hydrogen-bond donors (Lipinski definition) is 0. The third-order valence-corrected chi connectivity index (χ3v) is 7.20. The molecule has 0 saturated carbocycles. The first kappa shape index (κ1) is 21.6. The van der Waals surface area contributed by atoms with Gasteiger partial charge in [0.1, 0.15) is 0 Å². The third-order valence-electron chi connectivity index (χ3n) is 5.38. The lowest BCUT2D eigenvalue weighted by atomic mass is 9.95. The van der Waals surface area contributed by atoms with E-state index in [-0.39, 0.29) is 11.4 Å². The van der Waals surface area contributed by atoms with Crippen molar-refractivity contribution in [3.8, 4) is 0 Å². The molecule has 0 bridgehead atoms. The summed E-state index contributed by atoms with van der Waals surface area (Å²) >= 11 is 0. The van der Waals surface area contributed by atoms with Gasteiger partial charge in [-0.25, -0.2) is 8.42 Å². The zero-order valence-electron chi connectivity index (χ0n) is 17.8. The lowest BCUT2D eigenvalue weighted by Crippen LogP contribution is -2.42. The first-order valence-corrected chi connectivity index (χ1v) is 11.7. The Morgan fingerprint density at radius 3 is 2.19 bits per heavy atom. The number of amides is 1. The highest BCUT2D eigenvalue weighted by Gasteiger charge is 2.41. The molecule has 4 rings (SSSR count). The van der Waals surface area contributed by atoms with Crippen LogP contribution in [0.4, 0.5) is 5.69 Å². The highest BCUT2D eigenvalue weighted by atomic mass is 32.2. The van der Waals surface area contributed by atoms with E-state index >= 15 is 0 Å². The summed E-state index contributed by atoms with van der Waals surface area (Å²) in [6.45, 7) is 4.08. The molecule has 6 heteroatoms. The highest BCUT2D eigenvalue weighted by Crippen LogP contribution is 2.43. The van der Waals surface area contributed by atoms with Crippen LogP contribution in [0.5, 0.6) is 0 Å². The molecular formula is C26H24N2O3S. The second kappa shape index (κ2) is 8.85. The molecule has 0 N–H and O–H groups in total. The van der Waals surface area contributed by atoms with Gasteiger partial charge in [0, 0.05) is 24.7 Å². The van der Waals surface area contributed by atoms with Gasteiger partial charge in [-0.15, -0.1) is 6.58 Å². The van der Waals surface area contributed by atoms with Crippen molar-refractivity contribution in [3.63, 3.8) is 0 Å². The Morgan fingerprint density at radius 2 is 1.53 bits per heavy atom. The first-order valence-electron chi connectivity index (χ1n) is 10.3. The van der Waals surface area contributed by atoms with Gasteiger partial charge < -0.3 is 4.90 Å². The Bertz CT molecular complexity index is 1280. The number of fused-ring (bicyclic) bond motifs is 1. The van der Waals surface area contributed by atoms with Gasteiger partial charge in [-0.1, -0.05) is 84.9 Å². The van der Waals surface area contributed by atoms with Gasteiger partial charge in [-0.2, -0.15) is 0 Å². The summed E-state index contributed by atoms with van der Waals surface area (Å²) in [7, 11) is -2.50. The van der Waals surface area contributed by atoms with Crippen molar-refractivity contribution in [2.75, 3.05) is 17.9 Å². The Morgan fingerprint density at radius 1 is 0.938 bits per heavy atom. The fraction of sp³-hybridized carbons (Fsp3) is 0.115. The topological polar surface area (TPSA) is 57.7 Å². The molecule has 32 heavy (non-hydrogen) atoms. The van der Waals surface area contributed by atoms with Gasteiger partial charge in [0.25, 0.3) is 15.9 Å². The number of nitrogens with zero attached hydrogens (tertiary/aromatic N) is 2. The summed E-state index contributed by atoms with van der Waals surface area (Å²) in [5, 5.41) is 0. The second-order valence-corrected chi connectivity index (χ2v) is 9.36. The molecule has 162 valence electrons. The average Bonchev–Trinajstić information content (AvgIpc) is 2.81. The van der Waals surface area contributed by atoms with Crippen molar-refractivity contribution >= 4 is 27.2 Å². The van der Waals surface area contributed by atoms with Gasteiger partial charge in [-0.05, 0) is 17.2 Å². The smallest absolute Gasteiger partial charge is 0.270 e. The molecule has 0 saturated heterocycles. The number of rotatable bonds is 6. The summed E-state index contributed by atoms with van der Waals surface area (Å²) < 4.78 is 28.9. The number of carbonyl (C=O) groups is 1. The molecule has 1 aliphatic heterocycles. The van der Waals surface area contributed by atoms with E-state index in [0.29, 0.717) is 28.9 Å². The SMILES string of the molecule is C=CCN1c2ccccc2C(c2ccccc2)=C(C(=O)N(C)Cc2ccccc2)S1(=O)=O. The van der Waals surface area contributed by atoms with E-state index in [0.717, 1.165) is 5.56 Å². The zero-order valence-corrected chi connectivity index (χ0v) is 18.6. The number of carbonyl (C=O) groups excluding carboxylic acids is 1. The van der Waals surface area contributed by atoms with E-state index in [2.05, 4.69) is 6.58 Å². The molecule has 3 aromatic carbocycles. The quantitative estimate of drug-likeness (QED) is 0.528. The van der Waals surface area contributed by atoms with Crippen LogP contribution in [-0.2, 0) is 21.4 Å². The molecule has 0 aromatic heterocycles. The maximum Gasteiger partial charge on any atom is 0.270 e. The molecule has 0 unspecified atom stereocenters. The molecule has 0 radical (unpaired) electrons. The molecule has 1 amide bonds. The van der Waals surface area contributed by atoms with E-state index in [4.69, 9.17) is 0 Å². The van der Waals surface area contributed by atoms with Crippen LogP contribution in [0.2, 0.25) is 0 Å². The lowest BCUT2D eigenvalue weighted by Gasteiger charge is -2.34. The Labute approximate surface area is 189 Å². The predicted octanol–water partition coefficient (Wildman–Crippen LogP) is 4.44. The van der Waals surface area contributed by atoms with Crippen LogP contribution < -0.4 is 4.31 Å². The summed E-state index contributed by atoms with van der Waals surface area (Å²) in [6, 6.07) is 25.9. The van der Waals surface area contributed by atoms with Crippen molar-refractivity contribution in [2.45, 2.75) is 6.54 Å². The van der Waals surface area contributed by atoms with Crippen molar-refractivity contribution in [1.82, 2.24) is 4.90 Å². The van der Waals surface area contributed by atoms with Crippen LogP contribution in [0.1, 0.15) is 16.7 Å². The third kappa shape index (κ3) is 3.85. The molecule has 5 nitrogen and oxygen atoms in total. The second-order valence-electron chi connectivity index (χ2n) is 7.56. The Kier molecular flexibility index (Phi) is 5.97. The lowest BCUT2D eigenvalue weighted by molar-refractivity contribution is -0.125. The molecular weight excluding hydrogens is 420 g/mol. The minimum Gasteiger partial charge on any atom is -0.337 e. The molecule has 0 spiro atoms. The van der Waals surface area contributed by atoms with E-state index in [1.54, 1.807) is 19.2 Å². The van der Waals surface area contributed by atoms with Gasteiger partial charge in [0.05, 0.1) is 12.2 Å². The number of likely N-dealkylation sites (N-methyl/N-ethyl adjacent to an activating group) is 1. The molecule has 0 fully saturated rings. The highest BCUT2D eigenvalue weighted by molar-refractivity contribution is 7.97. The fourth-order valence-electron chi connectivity index (χ4n) is 3.92. The van der Waals surface area contributed by atoms with E-state index in [1.807, 2.05) is 72.8 Å². The standard InChI is InChI=1S/C26H24N2O3S/c1-3-18-28-23-17-11-10-16-22(23)24(21-14-8-5-9-15-21)25(32(28,30)31)26(29)27(2)19-20-12-6-4-7-13-20/h3-17H,1,18-19H2,2H3. The molecule has 0 atom stereocenters. The number of sulfonamides is 1. The zero-order chi connectivity index (χ0) is 22.7. The van der Waals surface area contributed by atoms with Crippen molar-refractivity contribution in [2.24, 2.45) is 0 Å². The molecule has 1 aliphatic rings. The maximum absolute atomic E-state index is 13.8. The van der Waals surface area contributed by atoms with Gasteiger partial charge in [0.2, 0.25) is 0 Å². The molecule has 3 aromatic rings. The largest absolute Gasteiger partial charge is 0.337 e. The predicted molar refractivity (Wildman–Crippen MR) is 128 cm³/mol. The Balaban J connectivity index is 1.94. The number of hydrogen-bond acceptors (Lipinski definition) is 3. The summed E-state index contributed by atoms with van der Waals surface area (Å²) in [5.74, 6) is -0.545. The molecule has 0 aliphatic carbocycles. The van der Waals surface area contributed by atoms with E-state index in [1.165, 1.54) is 15.3 Å². The van der Waals surface area contributed by atoms with Crippen LogP contribution in [0.15, 0.2) is 102 Å². The monoisotopic (exact) mass is 444 g/mol. The van der Waals surface area contributed by atoms with Crippen LogP contribution in [0.3, 0.4) is 0 Å². The number of anilines is 1. The van der Waals surface area contributed by atoms with Crippen molar-refractivity contribution < 1.29 is 13.2 Å². The minimum atomic E-state index is -4.12. The summed E-state index contributed by atoms with van der Waals surface area (Å²) in [4.78, 5) is 14.9. The minimum absolute atomic E-state index is 0.0700. The van der Waals surface area contributed by atoms with E-state index < -0.39 is 15.9 Å². The average molecular weight is 445 g/mol. The van der Waals surface area contributed by atoms with Crippen LogP contribution >= 0.6 is 0 Å². The number of para-hydroxylation sites is 1. The summed E-state index contributed by atoms with van der Waals surface area (Å²) in [5.41, 5.74) is 3.26. The van der Waals surface area contributed by atoms with Crippen LogP contribution in [0.25, 0.3) is 5.57 Å². The fourth-order valence-corrected chi connectivity index (χ4v) is 5.72. The summed E-state index contributed by atoms with van der Waals surface area (Å²) in [6.07, 6.45) is 1.53. The van der Waals surface area contributed by atoms with Crippen molar-refractivity contribution in [1.29, 1.82) is 0 Å². The number of benzene rings is 3. The normalized spacial score (nSPS) is 14.6. The first-order chi connectivity index (χ1) is 15.4. The Hall–Kier alpha value is -3.64.